The van der Waals surface area contributed by atoms with E-state index < -0.39 is 0 Å². The molecule has 1 rings (SSSR count). The minimum Gasteiger partial charge on any atom is -0.493 e. The van der Waals surface area contributed by atoms with Crippen LogP contribution in [0, 0.1) is 6.92 Å². The van der Waals surface area contributed by atoms with Gasteiger partial charge in [-0.25, -0.2) is 0 Å². The second-order valence-electron chi connectivity index (χ2n) is 4.52. The first kappa shape index (κ1) is 16.3. The van der Waals surface area contributed by atoms with E-state index >= 15 is 0 Å². The van der Waals surface area contributed by atoms with Crippen molar-refractivity contribution in [1.82, 2.24) is 0 Å². The van der Waals surface area contributed by atoms with Crippen LogP contribution in [0.2, 0.25) is 0 Å². The van der Waals surface area contributed by atoms with Crippen LogP contribution in [-0.2, 0) is 9.53 Å². The largest absolute Gasteiger partial charge is 0.493 e. The van der Waals surface area contributed by atoms with Gasteiger partial charge < -0.3 is 19.5 Å². The molecule has 0 aliphatic heterocycles. The zero-order chi connectivity index (χ0) is 15.0. The van der Waals surface area contributed by atoms with Gasteiger partial charge >= 0.3 is 0 Å². The number of rotatable bonds is 8. The van der Waals surface area contributed by atoms with Crippen molar-refractivity contribution in [3.8, 4) is 11.5 Å². The number of carbonyl (C=O) groups is 1. The van der Waals surface area contributed by atoms with Crippen molar-refractivity contribution in [3.05, 3.63) is 17.7 Å². The van der Waals surface area contributed by atoms with E-state index in [1.165, 1.54) is 0 Å². The molecule has 112 valence electrons. The molecule has 0 bridgehead atoms. The summed E-state index contributed by atoms with van der Waals surface area (Å²) in [6.45, 7) is 2.60. The average Bonchev–Trinajstić information content (AvgIpc) is 2.45. The quantitative estimate of drug-likeness (QED) is 0.744. The third kappa shape index (κ3) is 4.74. The number of nitrogens with one attached hydrogen (secondary N) is 1. The zero-order valence-electron chi connectivity index (χ0n) is 12.6. The Bertz CT molecular complexity index is 446. The van der Waals surface area contributed by atoms with Crippen LogP contribution in [0.3, 0.4) is 0 Å². The fourth-order valence-corrected chi connectivity index (χ4v) is 1.86. The summed E-state index contributed by atoms with van der Waals surface area (Å²) in [6.07, 6.45) is 2.18. The molecule has 0 saturated heterocycles. The molecular weight excluding hydrogens is 258 g/mol. The van der Waals surface area contributed by atoms with Gasteiger partial charge in [-0.2, -0.15) is 0 Å². The normalized spacial score (nSPS) is 10.2. The van der Waals surface area contributed by atoms with Crippen LogP contribution >= 0.6 is 0 Å². The number of anilines is 1. The van der Waals surface area contributed by atoms with Gasteiger partial charge in [0, 0.05) is 31.9 Å². The smallest absolute Gasteiger partial charge is 0.224 e. The van der Waals surface area contributed by atoms with Crippen LogP contribution in [0.1, 0.15) is 24.8 Å². The van der Waals surface area contributed by atoms with Gasteiger partial charge in [-0.1, -0.05) is 0 Å². The summed E-state index contributed by atoms with van der Waals surface area (Å²) in [5, 5.41) is 2.90. The highest BCUT2D eigenvalue weighted by atomic mass is 16.5. The number of carbonyl (C=O) groups excluding carboxylic acids is 1. The van der Waals surface area contributed by atoms with Gasteiger partial charge in [0.05, 0.1) is 14.2 Å². The Hall–Kier alpha value is -1.75. The molecule has 0 heterocycles. The predicted molar refractivity (Wildman–Crippen MR) is 78.6 cm³/mol. The molecular formula is C15H23NO4. The highest BCUT2D eigenvalue weighted by molar-refractivity contribution is 5.91. The minimum atomic E-state index is -0.00331. The summed E-state index contributed by atoms with van der Waals surface area (Å²) >= 11 is 0. The van der Waals surface area contributed by atoms with Gasteiger partial charge in [-0.05, 0) is 31.4 Å². The van der Waals surface area contributed by atoms with Crippen molar-refractivity contribution in [2.24, 2.45) is 0 Å². The van der Waals surface area contributed by atoms with Gasteiger partial charge in [0.2, 0.25) is 5.91 Å². The maximum Gasteiger partial charge on any atom is 0.224 e. The number of hydrogen-bond acceptors (Lipinski definition) is 4. The summed E-state index contributed by atoms with van der Waals surface area (Å²) in [4.78, 5) is 11.9. The maximum absolute atomic E-state index is 11.9. The van der Waals surface area contributed by atoms with Gasteiger partial charge in [-0.15, -0.1) is 0 Å². The molecule has 0 atom stereocenters. The predicted octanol–water partition coefficient (Wildman–Crippen LogP) is 2.77. The number of ether oxygens (including phenoxy) is 3. The number of methoxy groups -OCH3 is 3. The molecule has 0 aliphatic carbocycles. The van der Waals surface area contributed by atoms with Crippen LogP contribution in [0.4, 0.5) is 5.69 Å². The molecule has 20 heavy (non-hydrogen) atoms. The summed E-state index contributed by atoms with van der Waals surface area (Å²) < 4.78 is 15.4. The van der Waals surface area contributed by atoms with E-state index in [1.807, 2.05) is 13.0 Å². The first-order valence-corrected chi connectivity index (χ1v) is 6.63. The first-order chi connectivity index (χ1) is 9.62. The SMILES string of the molecule is COCCCCC(=O)Nc1cc(OC)c(OC)cc1C. The number of benzene rings is 1. The summed E-state index contributed by atoms with van der Waals surface area (Å²) in [5.74, 6) is 1.26. The molecule has 0 aliphatic rings. The lowest BCUT2D eigenvalue weighted by Gasteiger charge is -2.13. The monoisotopic (exact) mass is 281 g/mol. The second-order valence-corrected chi connectivity index (χ2v) is 4.52. The Kier molecular flexibility index (Phi) is 6.87. The molecule has 1 amide bonds. The lowest BCUT2D eigenvalue weighted by Crippen LogP contribution is -2.12. The molecule has 0 spiro atoms. The van der Waals surface area contributed by atoms with E-state index in [1.54, 1.807) is 27.4 Å². The Morgan fingerprint density at radius 2 is 1.75 bits per heavy atom. The minimum absolute atomic E-state index is 0.00331. The fourth-order valence-electron chi connectivity index (χ4n) is 1.86. The molecule has 0 radical (unpaired) electrons. The molecule has 5 nitrogen and oxygen atoms in total. The van der Waals surface area contributed by atoms with Crippen molar-refractivity contribution in [1.29, 1.82) is 0 Å². The number of unbranched alkanes of at least 4 members (excludes halogenated alkanes) is 1. The van der Waals surface area contributed by atoms with Crippen molar-refractivity contribution in [2.75, 3.05) is 33.3 Å². The molecule has 5 heteroatoms. The Balaban J connectivity index is 2.65. The van der Waals surface area contributed by atoms with E-state index in [4.69, 9.17) is 14.2 Å². The molecule has 1 aromatic carbocycles. The molecule has 1 N–H and O–H groups in total. The molecule has 0 unspecified atom stereocenters. The summed E-state index contributed by atoms with van der Waals surface area (Å²) in [5.41, 5.74) is 1.69. The summed E-state index contributed by atoms with van der Waals surface area (Å²) in [7, 11) is 4.82. The number of amides is 1. The lowest BCUT2D eigenvalue weighted by atomic mass is 10.1. The maximum atomic E-state index is 11.9. The van der Waals surface area contributed by atoms with Crippen molar-refractivity contribution < 1.29 is 19.0 Å². The fraction of sp³-hybridized carbons (Fsp3) is 0.533. The highest BCUT2D eigenvalue weighted by Crippen LogP contribution is 2.32. The molecule has 0 fully saturated rings. The van der Waals surface area contributed by atoms with Crippen LogP contribution in [0.5, 0.6) is 11.5 Å². The van der Waals surface area contributed by atoms with Gasteiger partial charge in [-0.3, -0.25) is 4.79 Å². The standard InChI is InChI=1S/C15H23NO4/c1-11-9-13(19-3)14(20-4)10-12(11)16-15(17)7-5-6-8-18-2/h9-10H,5-8H2,1-4H3,(H,16,17). The number of hydrogen-bond donors (Lipinski definition) is 1. The van der Waals surface area contributed by atoms with Crippen LogP contribution in [0.15, 0.2) is 12.1 Å². The molecule has 1 aromatic rings. The zero-order valence-corrected chi connectivity index (χ0v) is 12.6. The van der Waals surface area contributed by atoms with Gasteiger partial charge in [0.25, 0.3) is 0 Å². The summed E-state index contributed by atoms with van der Waals surface area (Å²) in [6, 6.07) is 3.63. The second kappa shape index (κ2) is 8.43. The Labute approximate surface area is 120 Å². The van der Waals surface area contributed by atoms with Gasteiger partial charge in [0.15, 0.2) is 11.5 Å². The third-order valence-electron chi connectivity index (χ3n) is 3.01. The van der Waals surface area contributed by atoms with Crippen LogP contribution in [0.25, 0.3) is 0 Å². The molecule has 0 saturated carbocycles. The Morgan fingerprint density at radius 1 is 1.10 bits per heavy atom. The van der Waals surface area contributed by atoms with Crippen molar-refractivity contribution in [2.45, 2.75) is 26.2 Å². The van der Waals surface area contributed by atoms with E-state index in [2.05, 4.69) is 5.32 Å². The van der Waals surface area contributed by atoms with E-state index in [0.29, 0.717) is 24.5 Å². The first-order valence-electron chi connectivity index (χ1n) is 6.63. The van der Waals surface area contributed by atoms with Crippen LogP contribution in [-0.4, -0.2) is 33.8 Å². The van der Waals surface area contributed by atoms with Crippen molar-refractivity contribution >= 4 is 11.6 Å². The lowest BCUT2D eigenvalue weighted by molar-refractivity contribution is -0.116. The third-order valence-corrected chi connectivity index (χ3v) is 3.01. The van der Waals surface area contributed by atoms with Crippen LogP contribution < -0.4 is 14.8 Å². The highest BCUT2D eigenvalue weighted by Gasteiger charge is 2.10. The van der Waals surface area contributed by atoms with Crippen molar-refractivity contribution in [3.63, 3.8) is 0 Å². The number of aryl methyl sites for hydroxylation is 1. The Morgan fingerprint density at radius 3 is 2.35 bits per heavy atom. The van der Waals surface area contributed by atoms with E-state index in [9.17, 15) is 4.79 Å². The average molecular weight is 281 g/mol. The molecule has 0 aromatic heterocycles. The van der Waals surface area contributed by atoms with E-state index in [0.717, 1.165) is 24.1 Å². The topological polar surface area (TPSA) is 56.8 Å². The van der Waals surface area contributed by atoms with Gasteiger partial charge in [0.1, 0.15) is 0 Å². The van der Waals surface area contributed by atoms with E-state index in [-0.39, 0.29) is 5.91 Å².